The molecular formula is C15H26N2O4. The summed E-state index contributed by atoms with van der Waals surface area (Å²) >= 11 is 0. The van der Waals surface area contributed by atoms with Crippen LogP contribution in [0, 0.1) is 11.8 Å². The second-order valence-corrected chi connectivity index (χ2v) is 5.99. The van der Waals surface area contributed by atoms with Crippen molar-refractivity contribution < 1.29 is 19.4 Å². The Kier molecular flexibility index (Phi) is 5.85. The third-order valence-electron chi connectivity index (χ3n) is 4.49. The third kappa shape index (κ3) is 3.87. The van der Waals surface area contributed by atoms with Crippen molar-refractivity contribution in [3.63, 3.8) is 0 Å². The summed E-state index contributed by atoms with van der Waals surface area (Å²) in [7, 11) is 0. The lowest BCUT2D eigenvalue weighted by atomic mass is 9.94. The lowest BCUT2D eigenvalue weighted by Gasteiger charge is -2.24. The Morgan fingerprint density at radius 3 is 2.86 bits per heavy atom. The third-order valence-corrected chi connectivity index (χ3v) is 4.49. The fraction of sp³-hybridized carbons (Fsp3) is 0.867. The Labute approximate surface area is 125 Å². The smallest absolute Gasteiger partial charge is 0.326 e. The minimum Gasteiger partial charge on any atom is -0.480 e. The molecule has 2 rings (SSSR count). The first-order chi connectivity index (χ1) is 10.1. The quantitative estimate of drug-likeness (QED) is 0.701. The van der Waals surface area contributed by atoms with Gasteiger partial charge in [0, 0.05) is 26.3 Å². The number of carbonyl (C=O) groups is 2. The normalized spacial score (nSPS) is 27.7. The molecule has 6 nitrogen and oxygen atoms in total. The van der Waals surface area contributed by atoms with Gasteiger partial charge in [-0.3, -0.25) is 0 Å². The van der Waals surface area contributed by atoms with Crippen molar-refractivity contribution in [1.29, 1.82) is 0 Å². The van der Waals surface area contributed by atoms with E-state index < -0.39 is 12.0 Å². The molecule has 1 saturated heterocycles. The topological polar surface area (TPSA) is 78.9 Å². The summed E-state index contributed by atoms with van der Waals surface area (Å²) in [5.74, 6) is -0.364. The molecule has 3 unspecified atom stereocenters. The summed E-state index contributed by atoms with van der Waals surface area (Å²) in [6.45, 7) is 4.53. The van der Waals surface area contributed by atoms with Gasteiger partial charge in [-0.2, -0.15) is 0 Å². The van der Waals surface area contributed by atoms with Crippen molar-refractivity contribution in [3.8, 4) is 0 Å². The number of hydrogen-bond acceptors (Lipinski definition) is 3. The maximum atomic E-state index is 12.2. The molecule has 21 heavy (non-hydrogen) atoms. The van der Waals surface area contributed by atoms with Crippen LogP contribution in [0.1, 0.15) is 39.0 Å². The molecule has 0 radical (unpaired) electrons. The maximum absolute atomic E-state index is 12.2. The minimum atomic E-state index is -0.870. The zero-order valence-corrected chi connectivity index (χ0v) is 12.7. The van der Waals surface area contributed by atoms with Crippen LogP contribution in [0.5, 0.6) is 0 Å². The molecule has 2 aliphatic rings. The molecule has 2 amide bonds. The van der Waals surface area contributed by atoms with Crippen LogP contribution >= 0.6 is 0 Å². The Balaban J connectivity index is 1.77. The Bertz CT molecular complexity index is 375. The summed E-state index contributed by atoms with van der Waals surface area (Å²) in [5, 5.41) is 12.2. The summed E-state index contributed by atoms with van der Waals surface area (Å²) in [6.07, 6.45) is 4.80. The van der Waals surface area contributed by atoms with Crippen molar-refractivity contribution in [2.45, 2.75) is 45.1 Å². The van der Waals surface area contributed by atoms with Gasteiger partial charge in [-0.25, -0.2) is 9.59 Å². The predicted octanol–water partition coefficient (Wildman–Crippen LogP) is 1.70. The van der Waals surface area contributed by atoms with E-state index >= 15 is 0 Å². The zero-order valence-electron chi connectivity index (χ0n) is 12.7. The van der Waals surface area contributed by atoms with Crippen LogP contribution in [0.2, 0.25) is 0 Å². The van der Waals surface area contributed by atoms with Crippen molar-refractivity contribution in [3.05, 3.63) is 0 Å². The van der Waals surface area contributed by atoms with Gasteiger partial charge < -0.3 is 20.1 Å². The Morgan fingerprint density at radius 2 is 2.14 bits per heavy atom. The number of carbonyl (C=O) groups excluding carboxylic acids is 1. The van der Waals surface area contributed by atoms with E-state index in [1.165, 1.54) is 4.90 Å². The van der Waals surface area contributed by atoms with Gasteiger partial charge in [0.25, 0.3) is 0 Å². The maximum Gasteiger partial charge on any atom is 0.326 e. The zero-order chi connectivity index (χ0) is 15.2. The highest BCUT2D eigenvalue weighted by molar-refractivity contribution is 5.83. The first-order valence-corrected chi connectivity index (χ1v) is 8.00. The molecule has 0 spiro atoms. The van der Waals surface area contributed by atoms with Crippen LogP contribution in [0.15, 0.2) is 0 Å². The number of ether oxygens (including phenoxy) is 1. The fourth-order valence-corrected chi connectivity index (χ4v) is 3.55. The van der Waals surface area contributed by atoms with Gasteiger partial charge >= 0.3 is 12.0 Å². The fourth-order valence-electron chi connectivity index (χ4n) is 3.55. The van der Waals surface area contributed by atoms with Crippen molar-refractivity contribution in [2.24, 2.45) is 11.8 Å². The average Bonchev–Trinajstić information content (AvgIpc) is 3.01. The number of amides is 2. The monoisotopic (exact) mass is 298 g/mol. The molecule has 0 bridgehead atoms. The first kappa shape index (κ1) is 16.1. The van der Waals surface area contributed by atoms with Gasteiger partial charge in [0.2, 0.25) is 0 Å². The van der Waals surface area contributed by atoms with Crippen LogP contribution in [0.4, 0.5) is 4.79 Å². The number of fused-ring (bicyclic) bond motifs is 1. The van der Waals surface area contributed by atoms with Gasteiger partial charge in [0.1, 0.15) is 6.04 Å². The number of aliphatic carboxylic acids is 1. The molecule has 2 N–H and O–H groups in total. The number of likely N-dealkylation sites (tertiary alicyclic amines) is 1. The molecule has 120 valence electrons. The first-order valence-electron chi connectivity index (χ1n) is 8.00. The van der Waals surface area contributed by atoms with E-state index in [4.69, 9.17) is 4.74 Å². The summed E-state index contributed by atoms with van der Waals surface area (Å²) in [4.78, 5) is 25.2. The standard InChI is InChI=1S/C15H26N2O4/c1-2-8-21-9-4-7-16-15(20)17-10-11-5-3-6-12(11)13(17)14(18)19/h11-13H,2-10H2,1H3,(H,16,20)(H,18,19). The van der Waals surface area contributed by atoms with Crippen LogP contribution in [0.3, 0.4) is 0 Å². The van der Waals surface area contributed by atoms with Crippen LogP contribution in [0.25, 0.3) is 0 Å². The Morgan fingerprint density at radius 1 is 1.33 bits per heavy atom. The van der Waals surface area contributed by atoms with Gasteiger partial charge in [-0.1, -0.05) is 13.3 Å². The molecule has 0 aromatic carbocycles. The van der Waals surface area contributed by atoms with E-state index in [2.05, 4.69) is 12.2 Å². The second kappa shape index (κ2) is 7.64. The van der Waals surface area contributed by atoms with Crippen LogP contribution in [-0.4, -0.2) is 54.4 Å². The summed E-state index contributed by atoms with van der Waals surface area (Å²) in [6, 6.07) is -0.888. The molecule has 6 heteroatoms. The molecule has 3 atom stereocenters. The van der Waals surface area contributed by atoms with Crippen molar-refractivity contribution >= 4 is 12.0 Å². The Hall–Kier alpha value is -1.30. The van der Waals surface area contributed by atoms with E-state index in [0.717, 1.165) is 38.7 Å². The highest BCUT2D eigenvalue weighted by Gasteiger charge is 2.49. The number of carboxylic acid groups (broad SMARTS) is 1. The highest BCUT2D eigenvalue weighted by atomic mass is 16.5. The number of nitrogens with one attached hydrogen (secondary N) is 1. The molecule has 1 saturated carbocycles. The average molecular weight is 298 g/mol. The van der Waals surface area contributed by atoms with Crippen LogP contribution < -0.4 is 5.32 Å². The van der Waals surface area contributed by atoms with Gasteiger partial charge in [-0.05, 0) is 37.5 Å². The molecule has 0 aromatic heterocycles. The number of hydrogen-bond donors (Lipinski definition) is 2. The second-order valence-electron chi connectivity index (χ2n) is 5.99. The van der Waals surface area contributed by atoms with E-state index in [1.54, 1.807) is 0 Å². The predicted molar refractivity (Wildman–Crippen MR) is 78.1 cm³/mol. The number of carboxylic acids is 1. The largest absolute Gasteiger partial charge is 0.480 e. The number of nitrogens with zero attached hydrogens (tertiary/aromatic N) is 1. The molecule has 1 aliphatic carbocycles. The van der Waals surface area contributed by atoms with Gasteiger partial charge in [-0.15, -0.1) is 0 Å². The number of urea groups is 1. The van der Waals surface area contributed by atoms with Crippen molar-refractivity contribution in [1.82, 2.24) is 10.2 Å². The SMILES string of the molecule is CCCOCCCNC(=O)N1CC2CCCC2C1C(=O)O. The summed E-state index contributed by atoms with van der Waals surface area (Å²) < 4.78 is 5.35. The van der Waals surface area contributed by atoms with Crippen LogP contribution in [-0.2, 0) is 9.53 Å². The van der Waals surface area contributed by atoms with Gasteiger partial charge in [0.15, 0.2) is 0 Å². The van der Waals surface area contributed by atoms with Crippen molar-refractivity contribution in [2.75, 3.05) is 26.3 Å². The molecule has 2 fully saturated rings. The summed E-state index contributed by atoms with van der Waals surface area (Å²) in [5.41, 5.74) is 0. The number of rotatable bonds is 7. The lowest BCUT2D eigenvalue weighted by Crippen LogP contribution is -2.48. The molecule has 0 aromatic rings. The van der Waals surface area contributed by atoms with E-state index in [1.807, 2.05) is 0 Å². The van der Waals surface area contributed by atoms with E-state index in [0.29, 0.717) is 25.6 Å². The lowest BCUT2D eigenvalue weighted by molar-refractivity contribution is -0.142. The highest BCUT2D eigenvalue weighted by Crippen LogP contribution is 2.42. The molecule has 1 aliphatic heterocycles. The van der Waals surface area contributed by atoms with E-state index in [9.17, 15) is 14.7 Å². The molecular weight excluding hydrogens is 272 g/mol. The van der Waals surface area contributed by atoms with Gasteiger partial charge in [0.05, 0.1) is 0 Å². The molecule has 1 heterocycles. The van der Waals surface area contributed by atoms with E-state index in [-0.39, 0.29) is 11.9 Å². The minimum absolute atomic E-state index is 0.140.